The molecule has 1 aromatic heterocycles. The van der Waals surface area contributed by atoms with Crippen LogP contribution in [0.3, 0.4) is 0 Å². The van der Waals surface area contributed by atoms with Crippen LogP contribution in [0.15, 0.2) is 48.5 Å². The number of methoxy groups -OCH3 is 1. The van der Waals surface area contributed by atoms with Gasteiger partial charge in [-0.15, -0.1) is 0 Å². The third-order valence-electron chi connectivity index (χ3n) is 5.14. The molecule has 0 atom stereocenters. The molecule has 1 N–H and O–H groups in total. The highest BCUT2D eigenvalue weighted by molar-refractivity contribution is 6.30. The van der Waals surface area contributed by atoms with Gasteiger partial charge in [0.15, 0.2) is 11.5 Å². The normalized spacial score (nSPS) is 10.7. The molecule has 0 aliphatic rings. The summed E-state index contributed by atoms with van der Waals surface area (Å²) in [7, 11) is 1.60. The highest BCUT2D eigenvalue weighted by Gasteiger charge is 2.24. The topological polar surface area (TPSA) is 68.6 Å². The fourth-order valence-corrected chi connectivity index (χ4v) is 3.57. The molecule has 33 heavy (non-hydrogen) atoms. The van der Waals surface area contributed by atoms with Crippen molar-refractivity contribution < 1.29 is 14.3 Å². The molecule has 0 bridgehead atoms. The van der Waals surface area contributed by atoms with Crippen LogP contribution in [0.5, 0.6) is 17.4 Å². The number of ether oxygens (including phenoxy) is 2. The molecule has 3 aromatic rings. The van der Waals surface area contributed by atoms with Crippen molar-refractivity contribution in [3.05, 3.63) is 64.8 Å². The van der Waals surface area contributed by atoms with E-state index in [1.807, 2.05) is 62.4 Å². The van der Waals surface area contributed by atoms with E-state index in [1.54, 1.807) is 16.7 Å². The molecular formula is C25H31ClN4O3. The van der Waals surface area contributed by atoms with Crippen molar-refractivity contribution in [3.8, 4) is 23.1 Å². The van der Waals surface area contributed by atoms with E-state index in [1.165, 1.54) is 0 Å². The second-order valence-electron chi connectivity index (χ2n) is 7.66. The minimum absolute atomic E-state index is 0.0967. The Bertz CT molecular complexity index is 1070. The first-order chi connectivity index (χ1) is 16.0. The van der Waals surface area contributed by atoms with E-state index in [4.69, 9.17) is 26.2 Å². The second kappa shape index (κ2) is 11.6. The smallest absolute Gasteiger partial charge is 0.317 e. The predicted octanol–water partition coefficient (Wildman–Crippen LogP) is 5.97. The van der Waals surface area contributed by atoms with Gasteiger partial charge in [0.25, 0.3) is 0 Å². The van der Waals surface area contributed by atoms with Crippen LogP contribution in [0.25, 0.3) is 5.69 Å². The summed E-state index contributed by atoms with van der Waals surface area (Å²) in [5.74, 6) is 1.70. The van der Waals surface area contributed by atoms with Gasteiger partial charge in [0.2, 0.25) is 5.88 Å². The number of halogens is 1. The first-order valence-electron chi connectivity index (χ1n) is 11.2. The number of aromatic nitrogens is 2. The quantitative estimate of drug-likeness (QED) is 0.396. The molecule has 0 aliphatic heterocycles. The monoisotopic (exact) mass is 470 g/mol. The standard InChI is InChI=1S/C25H31ClN4O3/c1-5-15-27-25(31)29(16-6-2)17-21-18(3)28-30(20-13-11-19(26)12-14-20)24(21)33-23-10-8-7-9-22(23)32-4/h7-14H,5-6,15-17H2,1-4H3,(H,27,31). The lowest BCUT2D eigenvalue weighted by Gasteiger charge is -2.23. The summed E-state index contributed by atoms with van der Waals surface area (Å²) >= 11 is 6.10. The van der Waals surface area contributed by atoms with Gasteiger partial charge in [0.1, 0.15) is 0 Å². The molecule has 0 fully saturated rings. The highest BCUT2D eigenvalue weighted by Crippen LogP contribution is 2.36. The maximum atomic E-state index is 12.8. The summed E-state index contributed by atoms with van der Waals surface area (Å²) in [6.07, 6.45) is 1.72. The van der Waals surface area contributed by atoms with E-state index in [-0.39, 0.29) is 6.03 Å². The highest BCUT2D eigenvalue weighted by atomic mass is 35.5. The van der Waals surface area contributed by atoms with Crippen LogP contribution < -0.4 is 14.8 Å². The van der Waals surface area contributed by atoms with Crippen molar-refractivity contribution >= 4 is 17.6 Å². The summed E-state index contributed by atoms with van der Waals surface area (Å²) in [4.78, 5) is 14.6. The third kappa shape index (κ3) is 5.99. The van der Waals surface area contributed by atoms with Crippen molar-refractivity contribution in [1.82, 2.24) is 20.0 Å². The average molecular weight is 471 g/mol. The Balaban J connectivity index is 2.06. The van der Waals surface area contributed by atoms with Crippen molar-refractivity contribution in [1.29, 1.82) is 0 Å². The molecule has 0 saturated carbocycles. The van der Waals surface area contributed by atoms with Gasteiger partial charge < -0.3 is 19.7 Å². The Morgan fingerprint density at radius 2 is 1.79 bits per heavy atom. The van der Waals surface area contributed by atoms with Crippen LogP contribution in [-0.2, 0) is 6.54 Å². The predicted molar refractivity (Wildman–Crippen MR) is 131 cm³/mol. The lowest BCUT2D eigenvalue weighted by molar-refractivity contribution is 0.194. The minimum atomic E-state index is -0.0967. The number of rotatable bonds is 10. The van der Waals surface area contributed by atoms with Crippen LogP contribution >= 0.6 is 11.6 Å². The fraction of sp³-hybridized carbons (Fsp3) is 0.360. The van der Waals surface area contributed by atoms with Gasteiger partial charge >= 0.3 is 6.03 Å². The van der Waals surface area contributed by atoms with Crippen LogP contribution in [0.2, 0.25) is 5.02 Å². The molecule has 0 saturated heterocycles. The Morgan fingerprint density at radius 3 is 2.42 bits per heavy atom. The number of benzene rings is 2. The zero-order valence-electron chi connectivity index (χ0n) is 19.6. The zero-order valence-corrected chi connectivity index (χ0v) is 20.4. The molecule has 2 amide bonds. The first kappa shape index (κ1) is 24.5. The zero-order chi connectivity index (χ0) is 23.8. The van der Waals surface area contributed by atoms with Crippen molar-refractivity contribution in [2.24, 2.45) is 0 Å². The summed E-state index contributed by atoms with van der Waals surface area (Å²) < 4.78 is 13.6. The van der Waals surface area contributed by atoms with Crippen LogP contribution in [0.1, 0.15) is 37.9 Å². The van der Waals surface area contributed by atoms with E-state index < -0.39 is 0 Å². The van der Waals surface area contributed by atoms with Crippen LogP contribution in [0.4, 0.5) is 4.79 Å². The molecule has 1 heterocycles. The lowest BCUT2D eigenvalue weighted by atomic mass is 10.2. The Kier molecular flexibility index (Phi) is 8.60. The maximum absolute atomic E-state index is 12.8. The van der Waals surface area contributed by atoms with Crippen molar-refractivity contribution in [2.75, 3.05) is 20.2 Å². The fourth-order valence-electron chi connectivity index (χ4n) is 3.45. The number of para-hydroxylation sites is 2. The van der Waals surface area contributed by atoms with Gasteiger partial charge in [-0.3, -0.25) is 0 Å². The maximum Gasteiger partial charge on any atom is 0.317 e. The van der Waals surface area contributed by atoms with E-state index in [9.17, 15) is 4.79 Å². The summed E-state index contributed by atoms with van der Waals surface area (Å²) in [6, 6.07) is 14.7. The van der Waals surface area contributed by atoms with Crippen LogP contribution in [-0.4, -0.2) is 40.9 Å². The number of hydrogen-bond donors (Lipinski definition) is 1. The number of urea groups is 1. The summed E-state index contributed by atoms with van der Waals surface area (Å²) in [5, 5.41) is 8.36. The molecule has 2 aromatic carbocycles. The van der Waals surface area contributed by atoms with Crippen molar-refractivity contribution in [3.63, 3.8) is 0 Å². The lowest BCUT2D eigenvalue weighted by Crippen LogP contribution is -2.40. The minimum Gasteiger partial charge on any atom is -0.493 e. The molecule has 3 rings (SSSR count). The molecule has 0 unspecified atom stereocenters. The van der Waals surface area contributed by atoms with Gasteiger partial charge in [-0.2, -0.15) is 5.10 Å². The molecule has 176 valence electrons. The Morgan fingerprint density at radius 1 is 1.09 bits per heavy atom. The molecule has 0 spiro atoms. The molecule has 0 radical (unpaired) electrons. The number of nitrogens with one attached hydrogen (secondary N) is 1. The van der Waals surface area contributed by atoms with Crippen molar-refractivity contribution in [2.45, 2.75) is 40.2 Å². The van der Waals surface area contributed by atoms with Gasteiger partial charge in [0.05, 0.1) is 30.6 Å². The van der Waals surface area contributed by atoms with Crippen LogP contribution in [0, 0.1) is 6.92 Å². The van der Waals surface area contributed by atoms with E-state index in [2.05, 4.69) is 12.2 Å². The Hall–Kier alpha value is -3.19. The largest absolute Gasteiger partial charge is 0.493 e. The average Bonchev–Trinajstić information content (AvgIpc) is 3.12. The molecule has 7 nitrogen and oxygen atoms in total. The van der Waals surface area contributed by atoms with Gasteiger partial charge in [-0.25, -0.2) is 9.48 Å². The van der Waals surface area contributed by atoms with E-state index in [0.717, 1.165) is 29.8 Å². The number of amides is 2. The van der Waals surface area contributed by atoms with E-state index in [0.29, 0.717) is 42.0 Å². The van der Waals surface area contributed by atoms with Gasteiger partial charge in [-0.1, -0.05) is 37.6 Å². The van der Waals surface area contributed by atoms with Gasteiger partial charge in [-0.05, 0) is 56.2 Å². The first-order valence-corrected chi connectivity index (χ1v) is 11.5. The SMILES string of the molecule is CCCNC(=O)N(CCC)Cc1c(C)nn(-c2ccc(Cl)cc2)c1Oc1ccccc1OC. The number of aryl methyl sites for hydroxylation is 1. The van der Waals surface area contributed by atoms with Gasteiger partial charge in [0, 0.05) is 18.1 Å². The summed E-state index contributed by atoms with van der Waals surface area (Å²) in [6.45, 7) is 7.63. The number of nitrogens with zero attached hydrogens (tertiary/aromatic N) is 3. The molecular weight excluding hydrogens is 440 g/mol. The Labute approximate surface area is 200 Å². The van der Waals surface area contributed by atoms with E-state index >= 15 is 0 Å². The second-order valence-corrected chi connectivity index (χ2v) is 8.10. The number of carbonyl (C=O) groups is 1. The molecule has 8 heteroatoms. The number of carbonyl (C=O) groups excluding carboxylic acids is 1. The molecule has 0 aliphatic carbocycles. The third-order valence-corrected chi connectivity index (χ3v) is 5.39. The summed E-state index contributed by atoms with van der Waals surface area (Å²) in [5.41, 5.74) is 2.41. The number of hydrogen-bond acceptors (Lipinski definition) is 4.